The fourth-order valence-electron chi connectivity index (χ4n) is 2.11. The molecule has 0 bridgehead atoms. The Morgan fingerprint density at radius 2 is 2.00 bits per heavy atom. The van der Waals surface area contributed by atoms with Crippen molar-refractivity contribution in [3.63, 3.8) is 0 Å². The van der Waals surface area contributed by atoms with Gasteiger partial charge in [0.15, 0.2) is 0 Å². The number of hydrogen-bond acceptors (Lipinski definition) is 3. The van der Waals surface area contributed by atoms with Crippen LogP contribution in [0.3, 0.4) is 0 Å². The topological polar surface area (TPSA) is 75.4 Å². The Morgan fingerprint density at radius 3 is 2.47 bits per heavy atom. The van der Waals surface area contributed by atoms with Gasteiger partial charge < -0.3 is 16.2 Å². The molecule has 0 spiro atoms. The van der Waals surface area contributed by atoms with E-state index < -0.39 is 0 Å². The quantitative estimate of drug-likeness (QED) is 0.731. The summed E-state index contributed by atoms with van der Waals surface area (Å²) >= 11 is 0. The van der Waals surface area contributed by atoms with Crippen molar-refractivity contribution < 1.29 is 9.90 Å². The fourth-order valence-corrected chi connectivity index (χ4v) is 2.11. The third-order valence-corrected chi connectivity index (χ3v) is 3.57. The van der Waals surface area contributed by atoms with E-state index >= 15 is 0 Å². The molecule has 1 aliphatic carbocycles. The Bertz CT molecular complexity index is 391. The molecule has 92 valence electrons. The van der Waals surface area contributed by atoms with E-state index in [0.29, 0.717) is 13.1 Å². The molecule has 4 N–H and O–H groups in total. The number of nitrogens with one attached hydrogen (secondary N) is 1. The van der Waals surface area contributed by atoms with Gasteiger partial charge in [0.1, 0.15) is 5.75 Å². The second kappa shape index (κ2) is 4.75. The van der Waals surface area contributed by atoms with Gasteiger partial charge in [-0.2, -0.15) is 0 Å². The number of carbonyl (C=O) groups is 1. The number of aromatic hydroxyl groups is 1. The maximum atomic E-state index is 12.0. The first-order chi connectivity index (χ1) is 8.16. The van der Waals surface area contributed by atoms with Crippen LogP contribution in [0.5, 0.6) is 5.75 Å². The van der Waals surface area contributed by atoms with Gasteiger partial charge in [0.2, 0.25) is 5.91 Å². The number of rotatable bonds is 4. The zero-order valence-corrected chi connectivity index (χ0v) is 9.78. The molecule has 17 heavy (non-hydrogen) atoms. The lowest BCUT2D eigenvalue weighted by Crippen LogP contribution is -2.50. The van der Waals surface area contributed by atoms with E-state index in [1.54, 1.807) is 24.3 Å². The van der Waals surface area contributed by atoms with E-state index in [9.17, 15) is 4.79 Å². The van der Waals surface area contributed by atoms with E-state index in [1.165, 1.54) is 0 Å². The van der Waals surface area contributed by atoms with Crippen molar-refractivity contribution in [3.05, 3.63) is 29.8 Å². The van der Waals surface area contributed by atoms with Gasteiger partial charge in [0, 0.05) is 13.1 Å². The molecular weight excluding hydrogens is 216 g/mol. The molecule has 2 rings (SSSR count). The lowest BCUT2D eigenvalue weighted by molar-refractivity contribution is -0.135. The van der Waals surface area contributed by atoms with E-state index in [4.69, 9.17) is 10.8 Å². The summed E-state index contributed by atoms with van der Waals surface area (Å²) in [5.41, 5.74) is 6.32. The molecule has 4 heteroatoms. The van der Waals surface area contributed by atoms with Gasteiger partial charge in [-0.05, 0) is 30.5 Å². The summed E-state index contributed by atoms with van der Waals surface area (Å²) in [4.78, 5) is 12.0. The molecular formula is C13H18N2O2. The molecule has 0 atom stereocenters. The summed E-state index contributed by atoms with van der Waals surface area (Å²) < 4.78 is 0. The Hall–Kier alpha value is -1.55. The average Bonchev–Trinajstić information content (AvgIpc) is 2.27. The van der Waals surface area contributed by atoms with Crippen LogP contribution in [0, 0.1) is 5.41 Å². The lowest BCUT2D eigenvalue weighted by Gasteiger charge is -2.39. The summed E-state index contributed by atoms with van der Waals surface area (Å²) in [5.74, 6) is 0.289. The largest absolute Gasteiger partial charge is 0.508 e. The predicted molar refractivity (Wildman–Crippen MR) is 65.3 cm³/mol. The van der Waals surface area contributed by atoms with Crippen LogP contribution in [0.25, 0.3) is 0 Å². The Kier molecular flexibility index (Phi) is 3.33. The minimum atomic E-state index is -0.323. The molecule has 1 fully saturated rings. The van der Waals surface area contributed by atoms with E-state index in [1.807, 2.05) is 0 Å². The highest BCUT2D eigenvalue weighted by molar-refractivity contribution is 5.83. The van der Waals surface area contributed by atoms with Gasteiger partial charge in [0.25, 0.3) is 0 Å². The smallest absolute Gasteiger partial charge is 0.227 e. The maximum Gasteiger partial charge on any atom is 0.227 e. The van der Waals surface area contributed by atoms with Crippen LogP contribution in [-0.4, -0.2) is 17.6 Å². The first-order valence-corrected chi connectivity index (χ1v) is 5.93. The van der Waals surface area contributed by atoms with Crippen LogP contribution in [-0.2, 0) is 11.3 Å². The SMILES string of the molecule is NCC1(C(=O)NCc2ccc(O)cc2)CCC1. The summed E-state index contributed by atoms with van der Waals surface area (Å²) in [6.45, 7) is 0.912. The van der Waals surface area contributed by atoms with Crippen molar-refractivity contribution in [1.29, 1.82) is 0 Å². The van der Waals surface area contributed by atoms with Crippen LogP contribution in [0.15, 0.2) is 24.3 Å². The van der Waals surface area contributed by atoms with E-state index in [2.05, 4.69) is 5.32 Å². The Balaban J connectivity index is 1.90. The molecule has 0 radical (unpaired) electrons. The normalized spacial score (nSPS) is 17.2. The lowest BCUT2D eigenvalue weighted by atomic mass is 9.68. The standard InChI is InChI=1S/C13H18N2O2/c14-9-13(6-1-7-13)12(17)15-8-10-2-4-11(16)5-3-10/h2-5,16H,1,6-9,14H2,(H,15,17). The molecule has 4 nitrogen and oxygen atoms in total. The van der Waals surface area contributed by atoms with Crippen molar-refractivity contribution in [3.8, 4) is 5.75 Å². The van der Waals surface area contributed by atoms with Gasteiger partial charge in [-0.3, -0.25) is 4.79 Å². The number of amides is 1. The van der Waals surface area contributed by atoms with Gasteiger partial charge >= 0.3 is 0 Å². The maximum absolute atomic E-state index is 12.0. The van der Waals surface area contributed by atoms with Crippen molar-refractivity contribution in [2.24, 2.45) is 11.1 Å². The van der Waals surface area contributed by atoms with E-state index in [-0.39, 0.29) is 17.1 Å². The molecule has 0 heterocycles. The first-order valence-electron chi connectivity index (χ1n) is 5.93. The zero-order chi connectivity index (χ0) is 12.3. The molecule has 1 saturated carbocycles. The highest BCUT2D eigenvalue weighted by Gasteiger charge is 2.42. The number of hydrogen-bond donors (Lipinski definition) is 3. The fraction of sp³-hybridized carbons (Fsp3) is 0.462. The van der Waals surface area contributed by atoms with Gasteiger partial charge in [-0.15, -0.1) is 0 Å². The van der Waals surface area contributed by atoms with E-state index in [0.717, 1.165) is 24.8 Å². The molecule has 1 amide bonds. The van der Waals surface area contributed by atoms with Crippen LogP contribution in [0.1, 0.15) is 24.8 Å². The molecule has 0 unspecified atom stereocenters. The summed E-state index contributed by atoms with van der Waals surface area (Å²) in [7, 11) is 0. The number of benzene rings is 1. The van der Waals surface area contributed by atoms with Crippen LogP contribution in [0.2, 0.25) is 0 Å². The Labute approximate surface area is 101 Å². The van der Waals surface area contributed by atoms with Crippen LogP contribution >= 0.6 is 0 Å². The molecule has 1 aromatic carbocycles. The van der Waals surface area contributed by atoms with Gasteiger partial charge in [-0.25, -0.2) is 0 Å². The summed E-state index contributed by atoms with van der Waals surface area (Å²) in [6.07, 6.45) is 2.87. The second-order valence-corrected chi connectivity index (χ2v) is 4.69. The van der Waals surface area contributed by atoms with Crippen LogP contribution in [0.4, 0.5) is 0 Å². The van der Waals surface area contributed by atoms with Crippen molar-refractivity contribution in [1.82, 2.24) is 5.32 Å². The number of nitrogens with two attached hydrogens (primary N) is 1. The van der Waals surface area contributed by atoms with Gasteiger partial charge in [-0.1, -0.05) is 18.6 Å². The van der Waals surface area contributed by atoms with Crippen molar-refractivity contribution in [2.75, 3.05) is 6.54 Å². The first kappa shape index (κ1) is 11.9. The number of phenols is 1. The number of phenolic OH excluding ortho intramolecular Hbond substituents is 1. The van der Waals surface area contributed by atoms with Crippen LogP contribution < -0.4 is 11.1 Å². The minimum absolute atomic E-state index is 0.0549. The van der Waals surface area contributed by atoms with Crippen molar-refractivity contribution >= 4 is 5.91 Å². The number of carbonyl (C=O) groups excluding carboxylic acids is 1. The molecule has 1 aliphatic rings. The second-order valence-electron chi connectivity index (χ2n) is 4.69. The zero-order valence-electron chi connectivity index (χ0n) is 9.78. The minimum Gasteiger partial charge on any atom is -0.508 e. The Morgan fingerprint density at radius 1 is 1.35 bits per heavy atom. The van der Waals surface area contributed by atoms with Gasteiger partial charge in [0.05, 0.1) is 5.41 Å². The highest BCUT2D eigenvalue weighted by atomic mass is 16.3. The molecule has 1 aromatic rings. The summed E-state index contributed by atoms with van der Waals surface area (Å²) in [5, 5.41) is 12.1. The molecule has 0 aromatic heterocycles. The predicted octanol–water partition coefficient (Wildman–Crippen LogP) is 1.14. The summed E-state index contributed by atoms with van der Waals surface area (Å²) in [6, 6.07) is 6.82. The molecule has 0 aliphatic heterocycles. The molecule has 0 saturated heterocycles. The average molecular weight is 234 g/mol. The third-order valence-electron chi connectivity index (χ3n) is 3.57. The monoisotopic (exact) mass is 234 g/mol. The highest BCUT2D eigenvalue weighted by Crippen LogP contribution is 2.40. The third kappa shape index (κ3) is 2.42. The van der Waals surface area contributed by atoms with Crippen molar-refractivity contribution in [2.45, 2.75) is 25.8 Å².